The van der Waals surface area contributed by atoms with Crippen LogP contribution in [0.4, 0.5) is 0 Å². The molecule has 0 aromatic carbocycles. The van der Waals surface area contributed by atoms with Gasteiger partial charge in [0.2, 0.25) is 0 Å². The lowest BCUT2D eigenvalue weighted by atomic mass is 10.0. The van der Waals surface area contributed by atoms with Crippen molar-refractivity contribution in [1.82, 2.24) is 15.2 Å². The third kappa shape index (κ3) is 4.01. The average molecular weight is 281 g/mol. The largest absolute Gasteiger partial charge is 0.350 e. The Hall–Kier alpha value is -0.940. The minimum Gasteiger partial charge on any atom is -0.350 e. The molecule has 0 radical (unpaired) electrons. The molecular weight excluding hydrogens is 258 g/mol. The number of piperidine rings is 1. The van der Waals surface area contributed by atoms with E-state index in [1.807, 2.05) is 6.92 Å². The zero-order valence-electron chi connectivity index (χ0n) is 11.8. The lowest BCUT2D eigenvalue weighted by Crippen LogP contribution is -2.43. The lowest BCUT2D eigenvalue weighted by Gasteiger charge is -2.35. The first-order valence-corrected chi connectivity index (χ1v) is 7.97. The summed E-state index contributed by atoms with van der Waals surface area (Å²) in [5.41, 5.74) is 0. The van der Waals surface area contributed by atoms with Gasteiger partial charge in [0.15, 0.2) is 0 Å². The van der Waals surface area contributed by atoms with Crippen LogP contribution < -0.4 is 5.32 Å². The van der Waals surface area contributed by atoms with Crippen molar-refractivity contribution in [2.45, 2.75) is 45.6 Å². The maximum atomic E-state index is 11.9. The highest BCUT2D eigenvalue weighted by Crippen LogP contribution is 2.18. The van der Waals surface area contributed by atoms with Crippen LogP contribution in [0.2, 0.25) is 0 Å². The zero-order chi connectivity index (χ0) is 13.7. The van der Waals surface area contributed by atoms with E-state index in [1.54, 1.807) is 6.20 Å². The van der Waals surface area contributed by atoms with E-state index >= 15 is 0 Å². The van der Waals surface area contributed by atoms with Crippen molar-refractivity contribution in [2.24, 2.45) is 0 Å². The Balaban J connectivity index is 1.75. The predicted molar refractivity (Wildman–Crippen MR) is 78.7 cm³/mol. The molecule has 106 valence electrons. The second-order valence-corrected chi connectivity index (χ2v) is 6.33. The van der Waals surface area contributed by atoms with Crippen LogP contribution in [-0.4, -0.2) is 41.5 Å². The predicted octanol–water partition coefficient (Wildman–Crippen LogP) is 2.45. The van der Waals surface area contributed by atoms with Crippen LogP contribution in [0, 0.1) is 6.92 Å². The topological polar surface area (TPSA) is 45.2 Å². The van der Waals surface area contributed by atoms with Crippen LogP contribution in [0.3, 0.4) is 0 Å². The van der Waals surface area contributed by atoms with Crippen molar-refractivity contribution in [1.29, 1.82) is 0 Å². The number of aryl methyl sites for hydroxylation is 1. The standard InChI is InChI=1S/C14H23N3OS/c1-3-12-6-4-5-8-17(12)9-7-15-14(18)13-10-16-11(2)19-13/h10,12H,3-9H2,1-2H3,(H,15,18). The summed E-state index contributed by atoms with van der Waals surface area (Å²) in [5, 5.41) is 3.93. The third-order valence-electron chi connectivity index (χ3n) is 3.75. The van der Waals surface area contributed by atoms with Gasteiger partial charge in [-0.2, -0.15) is 0 Å². The van der Waals surface area contributed by atoms with Crippen molar-refractivity contribution < 1.29 is 4.79 Å². The summed E-state index contributed by atoms with van der Waals surface area (Å²) in [7, 11) is 0. The van der Waals surface area contributed by atoms with E-state index in [2.05, 4.69) is 22.1 Å². The summed E-state index contributed by atoms with van der Waals surface area (Å²) < 4.78 is 0. The monoisotopic (exact) mass is 281 g/mol. The third-order valence-corrected chi connectivity index (χ3v) is 4.66. The van der Waals surface area contributed by atoms with Gasteiger partial charge < -0.3 is 5.32 Å². The summed E-state index contributed by atoms with van der Waals surface area (Å²) in [6.07, 6.45) is 6.81. The van der Waals surface area contributed by atoms with E-state index in [4.69, 9.17) is 0 Å². The fourth-order valence-electron chi connectivity index (χ4n) is 2.68. The van der Waals surface area contributed by atoms with E-state index in [0.29, 0.717) is 10.9 Å². The van der Waals surface area contributed by atoms with Crippen LogP contribution in [0.15, 0.2) is 6.20 Å². The van der Waals surface area contributed by atoms with Gasteiger partial charge in [0.1, 0.15) is 4.88 Å². The molecule has 0 bridgehead atoms. The molecule has 1 saturated heterocycles. The van der Waals surface area contributed by atoms with Crippen LogP contribution in [-0.2, 0) is 0 Å². The van der Waals surface area contributed by atoms with Crippen molar-refractivity contribution in [2.75, 3.05) is 19.6 Å². The normalized spacial score (nSPS) is 20.4. The van der Waals surface area contributed by atoms with E-state index in [-0.39, 0.29) is 5.91 Å². The van der Waals surface area contributed by atoms with Gasteiger partial charge in [-0.15, -0.1) is 11.3 Å². The number of carbonyl (C=O) groups is 1. The van der Waals surface area contributed by atoms with E-state index in [1.165, 1.54) is 43.6 Å². The summed E-state index contributed by atoms with van der Waals surface area (Å²) >= 11 is 1.45. The fraction of sp³-hybridized carbons (Fsp3) is 0.714. The number of aromatic nitrogens is 1. The zero-order valence-corrected chi connectivity index (χ0v) is 12.6. The second-order valence-electron chi connectivity index (χ2n) is 5.09. The number of nitrogens with zero attached hydrogens (tertiary/aromatic N) is 2. The molecule has 0 spiro atoms. The summed E-state index contributed by atoms with van der Waals surface area (Å²) in [5.74, 6) is 0.00987. The van der Waals surface area contributed by atoms with Crippen molar-refractivity contribution in [3.63, 3.8) is 0 Å². The van der Waals surface area contributed by atoms with Gasteiger partial charge in [0.05, 0.1) is 11.2 Å². The van der Waals surface area contributed by atoms with Gasteiger partial charge in [0, 0.05) is 19.1 Å². The van der Waals surface area contributed by atoms with E-state index < -0.39 is 0 Å². The quantitative estimate of drug-likeness (QED) is 0.901. The molecule has 2 rings (SSSR count). The molecule has 1 aliphatic rings. The Morgan fingerprint density at radius 1 is 1.58 bits per heavy atom. The van der Waals surface area contributed by atoms with Crippen molar-refractivity contribution in [3.8, 4) is 0 Å². The molecule has 1 aliphatic heterocycles. The van der Waals surface area contributed by atoms with Crippen molar-refractivity contribution in [3.05, 3.63) is 16.1 Å². The molecule has 19 heavy (non-hydrogen) atoms. The van der Waals surface area contributed by atoms with Gasteiger partial charge >= 0.3 is 0 Å². The summed E-state index contributed by atoms with van der Waals surface area (Å²) in [4.78, 5) is 19.2. The number of likely N-dealkylation sites (tertiary alicyclic amines) is 1. The number of thiazole rings is 1. The molecule has 0 aliphatic carbocycles. The minimum absolute atomic E-state index is 0.00987. The number of nitrogens with one attached hydrogen (secondary N) is 1. The lowest BCUT2D eigenvalue weighted by molar-refractivity contribution is 0.0938. The highest BCUT2D eigenvalue weighted by molar-refractivity contribution is 7.13. The first-order valence-electron chi connectivity index (χ1n) is 7.15. The maximum absolute atomic E-state index is 11.9. The Morgan fingerprint density at radius 2 is 2.42 bits per heavy atom. The van der Waals surface area contributed by atoms with Gasteiger partial charge in [-0.25, -0.2) is 4.98 Å². The van der Waals surface area contributed by atoms with Gasteiger partial charge in [-0.1, -0.05) is 13.3 Å². The first-order chi connectivity index (χ1) is 9.20. The number of carbonyl (C=O) groups excluding carboxylic acids is 1. The van der Waals surface area contributed by atoms with E-state index in [0.717, 1.165) is 18.1 Å². The van der Waals surface area contributed by atoms with Crippen LogP contribution >= 0.6 is 11.3 Å². The summed E-state index contributed by atoms with van der Waals surface area (Å²) in [6.45, 7) is 7.03. The minimum atomic E-state index is 0.00987. The number of rotatable bonds is 5. The maximum Gasteiger partial charge on any atom is 0.263 e. The Labute approximate surface area is 119 Å². The highest BCUT2D eigenvalue weighted by Gasteiger charge is 2.20. The SMILES string of the molecule is CCC1CCCCN1CCNC(=O)c1cnc(C)s1. The molecule has 1 amide bonds. The van der Waals surface area contributed by atoms with Crippen LogP contribution in [0.5, 0.6) is 0 Å². The smallest absolute Gasteiger partial charge is 0.263 e. The van der Waals surface area contributed by atoms with Gasteiger partial charge in [-0.05, 0) is 32.7 Å². The van der Waals surface area contributed by atoms with Crippen LogP contribution in [0.25, 0.3) is 0 Å². The molecule has 1 N–H and O–H groups in total. The number of hydrogen-bond donors (Lipinski definition) is 1. The molecule has 5 heteroatoms. The average Bonchev–Trinajstić information content (AvgIpc) is 2.86. The first kappa shape index (κ1) is 14.5. The van der Waals surface area contributed by atoms with E-state index in [9.17, 15) is 4.79 Å². The molecule has 1 atom stereocenters. The van der Waals surface area contributed by atoms with Gasteiger partial charge in [0.25, 0.3) is 5.91 Å². The second kappa shape index (κ2) is 7.01. The molecule has 4 nitrogen and oxygen atoms in total. The van der Waals surface area contributed by atoms with Crippen molar-refractivity contribution >= 4 is 17.2 Å². The molecule has 1 fully saturated rings. The fourth-order valence-corrected chi connectivity index (χ4v) is 3.38. The molecule has 0 saturated carbocycles. The Morgan fingerprint density at radius 3 is 3.11 bits per heavy atom. The summed E-state index contributed by atoms with van der Waals surface area (Å²) in [6, 6.07) is 0.705. The Bertz CT molecular complexity index is 419. The highest BCUT2D eigenvalue weighted by atomic mass is 32.1. The van der Waals surface area contributed by atoms with Crippen LogP contribution in [0.1, 0.15) is 47.3 Å². The molecule has 2 heterocycles. The molecule has 1 aromatic rings. The van der Waals surface area contributed by atoms with Gasteiger partial charge in [-0.3, -0.25) is 9.69 Å². The molecule has 1 aromatic heterocycles. The molecular formula is C14H23N3OS. The number of amides is 1. The Kier molecular flexibility index (Phi) is 5.34. The molecule has 1 unspecified atom stereocenters. The number of hydrogen-bond acceptors (Lipinski definition) is 4.